The van der Waals surface area contributed by atoms with Crippen molar-refractivity contribution in [2.75, 3.05) is 13.2 Å². The maximum Gasteiger partial charge on any atom is 0.176 e. The fourth-order valence-electron chi connectivity index (χ4n) is 4.77. The average Bonchev–Trinajstić information content (AvgIpc) is 3.59. The lowest BCUT2D eigenvalue weighted by Crippen LogP contribution is -2.37. The smallest absolute Gasteiger partial charge is 0.176 e. The summed E-state index contributed by atoms with van der Waals surface area (Å²) in [7, 11) is 0. The number of carbonyl (C=O) groups is 2. The van der Waals surface area contributed by atoms with Crippen LogP contribution in [0.5, 0.6) is 11.5 Å². The standard InChI is InChI=1S/C29H46O7/c1-6-9-14-35-28-22(16-20(4)5)11-12-25(23(28)18-30)34-15-13-21(10-7-2)24(32)17-26(33)29(19-31)27(8-3)36-29/h11-12,19-21,26-27,30,33H,6-10,13-18H2,1-5H3/t21?,26?,27-,29-/m0/s1. The molecule has 1 aliphatic rings. The Morgan fingerprint density at radius 1 is 1.14 bits per heavy atom. The first-order valence-corrected chi connectivity index (χ1v) is 13.6. The molecule has 0 aliphatic carbocycles. The average molecular weight is 507 g/mol. The van der Waals surface area contributed by atoms with Crippen LogP contribution in [-0.2, 0) is 27.4 Å². The second kappa shape index (κ2) is 14.7. The number of hydrogen-bond acceptors (Lipinski definition) is 7. The number of ether oxygens (including phenoxy) is 3. The molecule has 2 rings (SSSR count). The van der Waals surface area contributed by atoms with Crippen molar-refractivity contribution in [2.24, 2.45) is 11.8 Å². The van der Waals surface area contributed by atoms with Crippen LogP contribution in [-0.4, -0.2) is 53.3 Å². The van der Waals surface area contributed by atoms with Crippen LogP contribution in [0.4, 0.5) is 0 Å². The van der Waals surface area contributed by atoms with Crippen molar-refractivity contribution < 1.29 is 34.0 Å². The van der Waals surface area contributed by atoms with Gasteiger partial charge in [-0.25, -0.2) is 0 Å². The van der Waals surface area contributed by atoms with E-state index in [1.165, 1.54) is 0 Å². The summed E-state index contributed by atoms with van der Waals surface area (Å²) in [6, 6.07) is 3.87. The molecule has 7 nitrogen and oxygen atoms in total. The molecule has 0 spiro atoms. The molecule has 0 bridgehead atoms. The predicted molar refractivity (Wildman–Crippen MR) is 139 cm³/mol. The fourth-order valence-corrected chi connectivity index (χ4v) is 4.77. The van der Waals surface area contributed by atoms with Crippen LogP contribution in [0.2, 0.25) is 0 Å². The van der Waals surface area contributed by atoms with Gasteiger partial charge in [0.25, 0.3) is 0 Å². The van der Waals surface area contributed by atoms with Crippen molar-refractivity contribution >= 4 is 12.1 Å². The van der Waals surface area contributed by atoms with Crippen molar-refractivity contribution in [1.29, 1.82) is 0 Å². The van der Waals surface area contributed by atoms with Crippen LogP contribution < -0.4 is 9.47 Å². The number of ketones is 1. The number of benzene rings is 1. The number of unbranched alkanes of at least 4 members (excludes halogenated alkanes) is 1. The number of aldehydes is 1. The zero-order chi connectivity index (χ0) is 26.7. The first kappa shape index (κ1) is 30.3. The molecule has 7 heteroatoms. The van der Waals surface area contributed by atoms with E-state index in [2.05, 4.69) is 20.8 Å². The van der Waals surface area contributed by atoms with Crippen LogP contribution >= 0.6 is 0 Å². The Hall–Kier alpha value is -1.96. The van der Waals surface area contributed by atoms with E-state index in [1.54, 1.807) is 0 Å². The highest BCUT2D eigenvalue weighted by Crippen LogP contribution is 2.41. The monoisotopic (exact) mass is 506 g/mol. The van der Waals surface area contributed by atoms with E-state index in [9.17, 15) is 19.8 Å². The number of epoxide rings is 1. The lowest BCUT2D eigenvalue weighted by molar-refractivity contribution is -0.127. The minimum absolute atomic E-state index is 0.0854. The summed E-state index contributed by atoms with van der Waals surface area (Å²) in [4.78, 5) is 24.5. The number of aliphatic hydroxyl groups excluding tert-OH is 2. The molecule has 1 aliphatic heterocycles. The van der Waals surface area contributed by atoms with Gasteiger partial charge in [-0.1, -0.05) is 53.5 Å². The Labute approximate surface area is 216 Å². The molecule has 1 aromatic carbocycles. The molecule has 1 aromatic rings. The highest BCUT2D eigenvalue weighted by molar-refractivity contribution is 5.83. The predicted octanol–water partition coefficient (Wildman–Crippen LogP) is 4.81. The third-order valence-corrected chi connectivity index (χ3v) is 6.91. The molecule has 0 radical (unpaired) electrons. The van der Waals surface area contributed by atoms with E-state index in [1.807, 2.05) is 26.0 Å². The first-order chi connectivity index (χ1) is 17.3. The van der Waals surface area contributed by atoms with Crippen LogP contribution in [0.3, 0.4) is 0 Å². The number of rotatable bonds is 19. The van der Waals surface area contributed by atoms with E-state index in [-0.39, 0.29) is 30.8 Å². The molecule has 1 saturated heterocycles. The quantitative estimate of drug-likeness (QED) is 0.158. The maximum atomic E-state index is 13.0. The number of hydrogen-bond donors (Lipinski definition) is 2. The second-order valence-electron chi connectivity index (χ2n) is 10.3. The van der Waals surface area contributed by atoms with Gasteiger partial charge in [0, 0.05) is 12.3 Å². The van der Waals surface area contributed by atoms with Crippen LogP contribution in [0.25, 0.3) is 0 Å². The molecule has 1 heterocycles. The van der Waals surface area contributed by atoms with E-state index < -0.39 is 11.7 Å². The van der Waals surface area contributed by atoms with Crippen molar-refractivity contribution in [3.05, 3.63) is 23.3 Å². The molecule has 4 atom stereocenters. The van der Waals surface area contributed by atoms with Gasteiger partial charge in [0.05, 0.1) is 37.6 Å². The minimum atomic E-state index is -1.24. The minimum Gasteiger partial charge on any atom is -0.493 e. The summed E-state index contributed by atoms with van der Waals surface area (Å²) in [6.45, 7) is 11.0. The van der Waals surface area contributed by atoms with Gasteiger partial charge in [0.2, 0.25) is 0 Å². The molecule has 36 heavy (non-hydrogen) atoms. The number of carbonyl (C=O) groups excluding carboxylic acids is 2. The van der Waals surface area contributed by atoms with Gasteiger partial charge < -0.3 is 24.4 Å². The topological polar surface area (TPSA) is 106 Å². The normalized spacial score (nSPS) is 20.7. The summed E-state index contributed by atoms with van der Waals surface area (Å²) in [5, 5.41) is 20.7. The molecular weight excluding hydrogens is 460 g/mol. The van der Waals surface area contributed by atoms with Gasteiger partial charge in [0.1, 0.15) is 17.3 Å². The van der Waals surface area contributed by atoms with Crippen LogP contribution in [0, 0.1) is 11.8 Å². The zero-order valence-electron chi connectivity index (χ0n) is 22.8. The number of Topliss-reactive ketones (excluding diaryl/α,β-unsaturated/α-hetero) is 1. The van der Waals surface area contributed by atoms with Gasteiger partial charge in [-0.05, 0) is 49.7 Å². The maximum absolute atomic E-state index is 13.0. The van der Waals surface area contributed by atoms with E-state index in [4.69, 9.17) is 14.2 Å². The molecule has 204 valence electrons. The Bertz CT molecular complexity index is 837. The summed E-state index contributed by atoms with van der Waals surface area (Å²) in [5.41, 5.74) is 0.462. The van der Waals surface area contributed by atoms with E-state index in [0.717, 1.165) is 31.2 Å². The first-order valence-electron chi connectivity index (χ1n) is 13.6. The third kappa shape index (κ3) is 7.77. The Morgan fingerprint density at radius 2 is 1.89 bits per heavy atom. The zero-order valence-corrected chi connectivity index (χ0v) is 22.8. The lowest BCUT2D eigenvalue weighted by Gasteiger charge is -2.21. The van der Waals surface area contributed by atoms with E-state index in [0.29, 0.717) is 61.7 Å². The molecule has 0 aromatic heterocycles. The summed E-state index contributed by atoms with van der Waals surface area (Å²) >= 11 is 0. The lowest BCUT2D eigenvalue weighted by atomic mass is 9.87. The van der Waals surface area contributed by atoms with E-state index >= 15 is 0 Å². The number of aliphatic hydroxyl groups is 2. The van der Waals surface area contributed by atoms with Crippen LogP contribution in [0.15, 0.2) is 12.1 Å². The Morgan fingerprint density at radius 3 is 2.44 bits per heavy atom. The van der Waals surface area contributed by atoms with Crippen molar-refractivity contribution in [1.82, 2.24) is 0 Å². The molecule has 2 N–H and O–H groups in total. The highest BCUT2D eigenvalue weighted by Gasteiger charge is 2.61. The van der Waals surface area contributed by atoms with Gasteiger partial charge in [-0.3, -0.25) is 9.59 Å². The molecule has 0 amide bonds. The van der Waals surface area contributed by atoms with Gasteiger partial charge in [-0.15, -0.1) is 0 Å². The third-order valence-electron chi connectivity index (χ3n) is 6.91. The highest BCUT2D eigenvalue weighted by atomic mass is 16.6. The fraction of sp³-hybridized carbons (Fsp3) is 0.724. The summed E-state index contributed by atoms with van der Waals surface area (Å²) in [5.74, 6) is 1.34. The van der Waals surface area contributed by atoms with Crippen molar-refractivity contribution in [3.8, 4) is 11.5 Å². The van der Waals surface area contributed by atoms with Crippen molar-refractivity contribution in [3.63, 3.8) is 0 Å². The van der Waals surface area contributed by atoms with Gasteiger partial charge in [-0.2, -0.15) is 0 Å². The molecule has 2 unspecified atom stereocenters. The van der Waals surface area contributed by atoms with Gasteiger partial charge >= 0.3 is 0 Å². The van der Waals surface area contributed by atoms with Gasteiger partial charge in [0.15, 0.2) is 11.9 Å². The molecular formula is C29H46O7. The Balaban J connectivity index is 2.07. The largest absolute Gasteiger partial charge is 0.493 e. The SMILES string of the molecule is CCCCOc1c(CC(C)C)ccc(OCCC(CCC)C(=O)CC(O)[C@]2(C=O)O[C@H]2CC)c1CO. The summed E-state index contributed by atoms with van der Waals surface area (Å²) < 4.78 is 17.6. The summed E-state index contributed by atoms with van der Waals surface area (Å²) in [6.07, 6.45) is 4.45. The second-order valence-corrected chi connectivity index (χ2v) is 10.3. The molecule has 1 fully saturated rings. The Kier molecular flexibility index (Phi) is 12.4. The van der Waals surface area contributed by atoms with Crippen LogP contribution in [0.1, 0.15) is 90.7 Å². The van der Waals surface area contributed by atoms with Crippen molar-refractivity contribution in [2.45, 2.75) is 110 Å². The molecule has 0 saturated carbocycles.